The minimum absolute atomic E-state index is 0.0114. The Morgan fingerprint density at radius 2 is 1.94 bits per heavy atom. The molecule has 4 heteroatoms. The summed E-state index contributed by atoms with van der Waals surface area (Å²) < 4.78 is 5.34. The Balaban J connectivity index is 2.19. The molecule has 17 heavy (non-hydrogen) atoms. The molecule has 0 bridgehead atoms. The van der Waals surface area contributed by atoms with E-state index in [0.717, 1.165) is 32.1 Å². The number of rotatable bonds is 5. The van der Waals surface area contributed by atoms with Gasteiger partial charge in [-0.15, -0.1) is 0 Å². The first kappa shape index (κ1) is 13.7. The number of hydrogen-bond donors (Lipinski definition) is 1. The lowest BCUT2D eigenvalue weighted by Crippen LogP contribution is -2.18. The number of carbonyl (C=O) groups is 2. The molecule has 0 aromatic rings. The number of allylic oxidation sites excluding steroid dienone is 2. The Morgan fingerprint density at radius 3 is 2.71 bits per heavy atom. The lowest BCUT2D eigenvalue weighted by molar-refractivity contribution is -0.150. The van der Waals surface area contributed by atoms with Crippen LogP contribution in [0.4, 0.5) is 0 Å². The quantitative estimate of drug-likeness (QED) is 0.592. The summed E-state index contributed by atoms with van der Waals surface area (Å²) in [4.78, 5) is 21.8. The highest BCUT2D eigenvalue weighted by Gasteiger charge is 2.14. The van der Waals surface area contributed by atoms with Crippen LogP contribution in [-0.4, -0.2) is 23.1 Å². The fourth-order valence-corrected chi connectivity index (χ4v) is 1.87. The number of carbonyl (C=O) groups excluding carboxylic acids is 1. The van der Waals surface area contributed by atoms with Gasteiger partial charge in [-0.25, -0.2) is 0 Å². The van der Waals surface area contributed by atoms with Crippen LogP contribution in [-0.2, 0) is 14.3 Å². The van der Waals surface area contributed by atoms with Gasteiger partial charge in [0.1, 0.15) is 6.10 Å². The predicted octanol–water partition coefficient (Wildman–Crippen LogP) is 2.67. The Bertz CT molecular complexity index is 283. The number of esters is 1. The van der Waals surface area contributed by atoms with E-state index < -0.39 is 5.97 Å². The molecule has 1 rings (SSSR count). The van der Waals surface area contributed by atoms with Crippen LogP contribution >= 0.6 is 0 Å². The molecular formula is C13H20O4. The van der Waals surface area contributed by atoms with Gasteiger partial charge in [0.2, 0.25) is 0 Å². The standard InChI is InChI=1S/C13H20O4/c14-12(15)9-6-10-13(16)17-11-7-4-2-1-3-5-8-11/h1-2,11H,3-10H2,(H,14,15). The Hall–Kier alpha value is -1.32. The van der Waals surface area contributed by atoms with Gasteiger partial charge in [0.25, 0.3) is 0 Å². The maximum atomic E-state index is 11.5. The van der Waals surface area contributed by atoms with E-state index in [1.54, 1.807) is 0 Å². The van der Waals surface area contributed by atoms with Crippen molar-refractivity contribution >= 4 is 11.9 Å². The van der Waals surface area contributed by atoms with Gasteiger partial charge in [0.15, 0.2) is 0 Å². The predicted molar refractivity (Wildman–Crippen MR) is 63.6 cm³/mol. The Labute approximate surface area is 102 Å². The number of carboxylic acid groups (broad SMARTS) is 1. The van der Waals surface area contributed by atoms with E-state index in [1.165, 1.54) is 0 Å². The molecule has 96 valence electrons. The molecule has 0 heterocycles. The summed E-state index contributed by atoms with van der Waals surface area (Å²) in [6, 6.07) is 0. The van der Waals surface area contributed by atoms with Crippen LogP contribution in [0.5, 0.6) is 0 Å². The van der Waals surface area contributed by atoms with E-state index >= 15 is 0 Å². The Kier molecular flexibility index (Phi) is 6.37. The van der Waals surface area contributed by atoms with Gasteiger partial charge < -0.3 is 9.84 Å². The zero-order chi connectivity index (χ0) is 12.5. The van der Waals surface area contributed by atoms with Crippen molar-refractivity contribution in [2.24, 2.45) is 0 Å². The van der Waals surface area contributed by atoms with E-state index in [-0.39, 0.29) is 24.9 Å². The first-order valence-corrected chi connectivity index (χ1v) is 6.25. The van der Waals surface area contributed by atoms with Gasteiger partial charge >= 0.3 is 11.9 Å². The van der Waals surface area contributed by atoms with E-state index in [0.29, 0.717) is 6.42 Å². The second kappa shape index (κ2) is 7.87. The minimum Gasteiger partial charge on any atom is -0.481 e. The van der Waals surface area contributed by atoms with E-state index in [1.807, 2.05) is 0 Å². The highest BCUT2D eigenvalue weighted by molar-refractivity contribution is 5.71. The molecule has 0 aromatic heterocycles. The lowest BCUT2D eigenvalue weighted by Gasteiger charge is -2.18. The van der Waals surface area contributed by atoms with Gasteiger partial charge in [-0.2, -0.15) is 0 Å². The summed E-state index contributed by atoms with van der Waals surface area (Å²) in [5.41, 5.74) is 0. The fourth-order valence-electron chi connectivity index (χ4n) is 1.87. The molecule has 0 saturated heterocycles. The molecule has 0 saturated carbocycles. The molecule has 0 fully saturated rings. The van der Waals surface area contributed by atoms with Crippen molar-refractivity contribution in [1.29, 1.82) is 0 Å². The molecule has 0 aromatic carbocycles. The maximum Gasteiger partial charge on any atom is 0.306 e. The highest BCUT2D eigenvalue weighted by Crippen LogP contribution is 2.16. The van der Waals surface area contributed by atoms with Gasteiger partial charge in [-0.3, -0.25) is 9.59 Å². The minimum atomic E-state index is -0.867. The van der Waals surface area contributed by atoms with E-state index in [9.17, 15) is 9.59 Å². The molecule has 1 unspecified atom stereocenters. The van der Waals surface area contributed by atoms with Crippen molar-refractivity contribution in [1.82, 2.24) is 0 Å². The summed E-state index contributed by atoms with van der Waals surface area (Å²) in [6.07, 6.45) is 9.74. The average Bonchev–Trinajstić information content (AvgIpc) is 2.21. The summed E-state index contributed by atoms with van der Waals surface area (Å²) in [5, 5.41) is 8.46. The van der Waals surface area contributed by atoms with E-state index in [4.69, 9.17) is 9.84 Å². The molecule has 1 atom stereocenters. The SMILES string of the molecule is O=C(O)CCCC(=O)OC1CCC=CCCC1. The molecule has 1 N–H and O–H groups in total. The second-order valence-corrected chi connectivity index (χ2v) is 4.34. The van der Waals surface area contributed by atoms with Crippen molar-refractivity contribution in [3.8, 4) is 0 Å². The van der Waals surface area contributed by atoms with Gasteiger partial charge in [-0.1, -0.05) is 12.2 Å². The summed E-state index contributed by atoms with van der Waals surface area (Å²) in [7, 11) is 0. The van der Waals surface area contributed by atoms with Crippen LogP contribution in [0, 0.1) is 0 Å². The molecule has 1 aliphatic carbocycles. The molecule has 1 aliphatic rings. The van der Waals surface area contributed by atoms with Gasteiger partial charge in [0, 0.05) is 12.8 Å². The lowest BCUT2D eigenvalue weighted by atomic mass is 10.0. The number of carboxylic acids is 1. The Morgan fingerprint density at radius 1 is 1.18 bits per heavy atom. The number of ether oxygens (including phenoxy) is 1. The van der Waals surface area contributed by atoms with Crippen LogP contribution in [0.25, 0.3) is 0 Å². The van der Waals surface area contributed by atoms with Crippen LogP contribution in [0.15, 0.2) is 12.2 Å². The topological polar surface area (TPSA) is 63.6 Å². The maximum absolute atomic E-state index is 11.5. The molecule has 0 radical (unpaired) electrons. The monoisotopic (exact) mass is 240 g/mol. The third kappa shape index (κ3) is 6.76. The summed E-state index contributed by atoms with van der Waals surface area (Å²) in [5.74, 6) is -1.13. The van der Waals surface area contributed by atoms with Crippen molar-refractivity contribution in [3.63, 3.8) is 0 Å². The number of aliphatic carboxylic acids is 1. The number of hydrogen-bond acceptors (Lipinski definition) is 3. The van der Waals surface area contributed by atoms with Crippen LogP contribution in [0.3, 0.4) is 0 Å². The normalized spacial score (nSPS) is 20.4. The van der Waals surface area contributed by atoms with Crippen LogP contribution in [0.2, 0.25) is 0 Å². The third-order valence-electron chi connectivity index (χ3n) is 2.79. The molecule has 4 nitrogen and oxygen atoms in total. The fraction of sp³-hybridized carbons (Fsp3) is 0.692. The third-order valence-corrected chi connectivity index (χ3v) is 2.79. The van der Waals surface area contributed by atoms with Crippen molar-refractivity contribution in [2.45, 2.75) is 57.5 Å². The van der Waals surface area contributed by atoms with Gasteiger partial charge in [0.05, 0.1) is 0 Å². The summed E-state index contributed by atoms with van der Waals surface area (Å²) >= 11 is 0. The largest absolute Gasteiger partial charge is 0.481 e. The smallest absolute Gasteiger partial charge is 0.306 e. The van der Waals surface area contributed by atoms with Crippen LogP contribution in [0.1, 0.15) is 51.4 Å². The highest BCUT2D eigenvalue weighted by atomic mass is 16.5. The van der Waals surface area contributed by atoms with E-state index in [2.05, 4.69) is 12.2 Å². The van der Waals surface area contributed by atoms with Gasteiger partial charge in [-0.05, 0) is 38.5 Å². The zero-order valence-corrected chi connectivity index (χ0v) is 10.1. The second-order valence-electron chi connectivity index (χ2n) is 4.34. The van der Waals surface area contributed by atoms with Crippen molar-refractivity contribution in [2.75, 3.05) is 0 Å². The summed E-state index contributed by atoms with van der Waals surface area (Å²) in [6.45, 7) is 0. The molecule has 0 amide bonds. The first-order chi connectivity index (χ1) is 8.18. The van der Waals surface area contributed by atoms with Crippen molar-refractivity contribution < 1.29 is 19.4 Å². The molecule has 0 aliphatic heterocycles. The van der Waals surface area contributed by atoms with Crippen LogP contribution < -0.4 is 0 Å². The first-order valence-electron chi connectivity index (χ1n) is 6.25. The molecule has 0 spiro atoms. The average molecular weight is 240 g/mol. The van der Waals surface area contributed by atoms with Crippen molar-refractivity contribution in [3.05, 3.63) is 12.2 Å². The molecular weight excluding hydrogens is 220 g/mol. The zero-order valence-electron chi connectivity index (χ0n) is 10.1.